The summed E-state index contributed by atoms with van der Waals surface area (Å²) in [6, 6.07) is 3.96. The van der Waals surface area contributed by atoms with Gasteiger partial charge in [-0.25, -0.2) is 0 Å². The zero-order valence-corrected chi connectivity index (χ0v) is 11.6. The van der Waals surface area contributed by atoms with E-state index in [1.54, 1.807) is 11.3 Å². The van der Waals surface area contributed by atoms with E-state index in [0.717, 1.165) is 29.8 Å². The van der Waals surface area contributed by atoms with Crippen LogP contribution in [0.3, 0.4) is 0 Å². The summed E-state index contributed by atoms with van der Waals surface area (Å²) in [5.74, 6) is 0.919. The van der Waals surface area contributed by atoms with Gasteiger partial charge in [-0.15, -0.1) is 11.3 Å². The molecule has 100 valence electrons. The minimum absolute atomic E-state index is 0.143. The van der Waals surface area contributed by atoms with Crippen LogP contribution in [0.2, 0.25) is 0 Å². The SMILES string of the molecule is CC1CCCC1CNCc1ccc(CC(=O)O)s1. The van der Waals surface area contributed by atoms with E-state index in [1.165, 1.54) is 24.1 Å². The van der Waals surface area contributed by atoms with Crippen molar-refractivity contribution < 1.29 is 9.90 Å². The van der Waals surface area contributed by atoms with E-state index < -0.39 is 5.97 Å². The molecule has 2 rings (SSSR count). The largest absolute Gasteiger partial charge is 0.481 e. The highest BCUT2D eigenvalue weighted by atomic mass is 32.1. The molecule has 2 unspecified atom stereocenters. The number of carboxylic acids is 1. The second kappa shape index (κ2) is 6.34. The van der Waals surface area contributed by atoms with Crippen molar-refractivity contribution in [3.8, 4) is 0 Å². The number of hydrogen-bond donors (Lipinski definition) is 2. The first-order valence-electron chi connectivity index (χ1n) is 6.65. The van der Waals surface area contributed by atoms with Crippen LogP contribution in [0.5, 0.6) is 0 Å². The van der Waals surface area contributed by atoms with Crippen LogP contribution in [0, 0.1) is 11.8 Å². The molecule has 1 aliphatic carbocycles. The van der Waals surface area contributed by atoms with Crippen LogP contribution < -0.4 is 5.32 Å². The summed E-state index contributed by atoms with van der Waals surface area (Å²) in [7, 11) is 0. The van der Waals surface area contributed by atoms with E-state index in [1.807, 2.05) is 12.1 Å². The van der Waals surface area contributed by atoms with Crippen molar-refractivity contribution in [2.75, 3.05) is 6.54 Å². The van der Waals surface area contributed by atoms with Crippen molar-refractivity contribution in [1.82, 2.24) is 5.32 Å². The summed E-state index contributed by atoms with van der Waals surface area (Å²) in [4.78, 5) is 12.8. The smallest absolute Gasteiger partial charge is 0.308 e. The minimum Gasteiger partial charge on any atom is -0.481 e. The average molecular weight is 267 g/mol. The van der Waals surface area contributed by atoms with Gasteiger partial charge in [-0.05, 0) is 36.9 Å². The highest BCUT2D eigenvalue weighted by Gasteiger charge is 2.22. The molecule has 1 fully saturated rings. The molecule has 0 aliphatic heterocycles. The maximum atomic E-state index is 10.6. The second-order valence-electron chi connectivity index (χ2n) is 5.24. The molecule has 0 saturated heterocycles. The molecular weight excluding hydrogens is 246 g/mol. The number of hydrogen-bond acceptors (Lipinski definition) is 3. The predicted molar refractivity (Wildman–Crippen MR) is 73.9 cm³/mol. The van der Waals surface area contributed by atoms with Gasteiger partial charge in [0.05, 0.1) is 6.42 Å². The summed E-state index contributed by atoms with van der Waals surface area (Å²) in [5.41, 5.74) is 0. The molecule has 1 aromatic heterocycles. The van der Waals surface area contributed by atoms with Crippen LogP contribution in [-0.4, -0.2) is 17.6 Å². The quantitative estimate of drug-likeness (QED) is 0.833. The van der Waals surface area contributed by atoms with E-state index in [4.69, 9.17) is 5.11 Å². The number of rotatable bonds is 6. The molecule has 1 aromatic rings. The molecule has 0 bridgehead atoms. The Hall–Kier alpha value is -0.870. The fourth-order valence-electron chi connectivity index (χ4n) is 2.67. The van der Waals surface area contributed by atoms with Gasteiger partial charge in [0.25, 0.3) is 0 Å². The summed E-state index contributed by atoms with van der Waals surface area (Å²) >= 11 is 1.60. The van der Waals surface area contributed by atoms with Gasteiger partial charge in [0, 0.05) is 16.3 Å². The van der Waals surface area contributed by atoms with Gasteiger partial charge in [-0.3, -0.25) is 4.79 Å². The van der Waals surface area contributed by atoms with E-state index in [2.05, 4.69) is 12.2 Å². The Morgan fingerprint density at radius 3 is 2.89 bits per heavy atom. The molecule has 0 spiro atoms. The topological polar surface area (TPSA) is 49.3 Å². The van der Waals surface area contributed by atoms with Crippen LogP contribution in [0.4, 0.5) is 0 Å². The van der Waals surface area contributed by atoms with Crippen molar-refractivity contribution in [2.45, 2.75) is 39.2 Å². The number of thiophene rings is 1. The van der Waals surface area contributed by atoms with Gasteiger partial charge in [0.15, 0.2) is 0 Å². The molecule has 4 heteroatoms. The average Bonchev–Trinajstić information content (AvgIpc) is 2.89. The first kappa shape index (κ1) is 13.6. The van der Waals surface area contributed by atoms with E-state index in [0.29, 0.717) is 0 Å². The maximum absolute atomic E-state index is 10.6. The number of carbonyl (C=O) groups is 1. The molecule has 2 atom stereocenters. The number of aliphatic carboxylic acids is 1. The van der Waals surface area contributed by atoms with Crippen molar-refractivity contribution >= 4 is 17.3 Å². The lowest BCUT2D eigenvalue weighted by Gasteiger charge is -2.15. The molecule has 0 radical (unpaired) electrons. The number of nitrogens with one attached hydrogen (secondary N) is 1. The fraction of sp³-hybridized carbons (Fsp3) is 0.643. The molecule has 1 heterocycles. The highest BCUT2D eigenvalue weighted by molar-refractivity contribution is 7.12. The van der Waals surface area contributed by atoms with Gasteiger partial charge in [0.2, 0.25) is 0 Å². The van der Waals surface area contributed by atoms with Crippen LogP contribution >= 0.6 is 11.3 Å². The van der Waals surface area contributed by atoms with Gasteiger partial charge in [0.1, 0.15) is 0 Å². The van der Waals surface area contributed by atoms with E-state index in [-0.39, 0.29) is 6.42 Å². The van der Waals surface area contributed by atoms with Gasteiger partial charge >= 0.3 is 5.97 Å². The van der Waals surface area contributed by atoms with Gasteiger partial charge < -0.3 is 10.4 Å². The monoisotopic (exact) mass is 267 g/mol. The van der Waals surface area contributed by atoms with Crippen molar-refractivity contribution in [3.05, 3.63) is 21.9 Å². The zero-order valence-electron chi connectivity index (χ0n) is 10.8. The summed E-state index contributed by atoms with van der Waals surface area (Å²) in [6.07, 6.45) is 4.23. The van der Waals surface area contributed by atoms with Crippen LogP contribution in [0.15, 0.2) is 12.1 Å². The van der Waals surface area contributed by atoms with Crippen LogP contribution in [0.25, 0.3) is 0 Å². The Bertz CT molecular complexity index is 402. The van der Waals surface area contributed by atoms with Crippen molar-refractivity contribution in [1.29, 1.82) is 0 Å². The predicted octanol–water partition coefficient (Wildman–Crippen LogP) is 2.90. The third-order valence-electron chi connectivity index (χ3n) is 3.79. The van der Waals surface area contributed by atoms with E-state index in [9.17, 15) is 4.79 Å². The number of carboxylic acid groups (broad SMARTS) is 1. The molecule has 18 heavy (non-hydrogen) atoms. The Kier molecular flexibility index (Phi) is 4.78. The van der Waals surface area contributed by atoms with Crippen molar-refractivity contribution in [2.24, 2.45) is 11.8 Å². The maximum Gasteiger partial charge on any atom is 0.308 e. The normalized spacial score (nSPS) is 23.4. The molecule has 3 nitrogen and oxygen atoms in total. The van der Waals surface area contributed by atoms with Gasteiger partial charge in [-0.1, -0.05) is 19.8 Å². The Morgan fingerprint density at radius 1 is 1.44 bits per heavy atom. The Labute approximate surface area is 112 Å². The van der Waals surface area contributed by atoms with Crippen molar-refractivity contribution in [3.63, 3.8) is 0 Å². The Morgan fingerprint density at radius 2 is 2.22 bits per heavy atom. The molecule has 1 aliphatic rings. The molecule has 1 saturated carbocycles. The molecule has 2 N–H and O–H groups in total. The zero-order chi connectivity index (χ0) is 13.0. The standard InChI is InChI=1S/C14H21NO2S/c1-10-3-2-4-11(10)8-15-9-13-6-5-12(18-13)7-14(16)17/h5-6,10-11,15H,2-4,7-9H2,1H3,(H,16,17). The third kappa shape index (κ3) is 3.82. The van der Waals surface area contributed by atoms with Crippen LogP contribution in [-0.2, 0) is 17.8 Å². The lowest BCUT2D eigenvalue weighted by atomic mass is 9.98. The summed E-state index contributed by atoms with van der Waals surface area (Å²) in [5, 5.41) is 12.2. The molecular formula is C14H21NO2S. The lowest BCUT2D eigenvalue weighted by molar-refractivity contribution is -0.136. The first-order valence-corrected chi connectivity index (χ1v) is 7.47. The first-order chi connectivity index (χ1) is 8.65. The van der Waals surface area contributed by atoms with E-state index >= 15 is 0 Å². The summed E-state index contributed by atoms with van der Waals surface area (Å²) in [6.45, 7) is 4.30. The highest BCUT2D eigenvalue weighted by Crippen LogP contribution is 2.30. The second-order valence-corrected chi connectivity index (χ2v) is 6.49. The molecule has 0 aromatic carbocycles. The fourth-order valence-corrected chi connectivity index (χ4v) is 3.65. The molecule has 0 amide bonds. The third-order valence-corrected chi connectivity index (χ3v) is 4.87. The van der Waals surface area contributed by atoms with Gasteiger partial charge in [-0.2, -0.15) is 0 Å². The minimum atomic E-state index is -0.754. The Balaban J connectivity index is 1.73. The summed E-state index contributed by atoms with van der Waals surface area (Å²) < 4.78 is 0. The lowest BCUT2D eigenvalue weighted by Crippen LogP contribution is -2.23. The van der Waals surface area contributed by atoms with Crippen LogP contribution in [0.1, 0.15) is 35.9 Å².